The smallest absolute Gasteiger partial charge is 0.317 e. The van der Waals surface area contributed by atoms with Crippen LogP contribution in [0.3, 0.4) is 0 Å². The molecule has 1 amide bonds. The summed E-state index contributed by atoms with van der Waals surface area (Å²) in [6, 6.07) is 6.10. The van der Waals surface area contributed by atoms with Crippen LogP contribution in [0.1, 0.15) is 30.9 Å². The lowest BCUT2D eigenvalue weighted by Crippen LogP contribution is -2.48. The zero-order valence-corrected chi connectivity index (χ0v) is 15.3. The summed E-state index contributed by atoms with van der Waals surface area (Å²) >= 11 is 0. The van der Waals surface area contributed by atoms with Gasteiger partial charge in [0.1, 0.15) is 5.75 Å². The first kappa shape index (κ1) is 19.2. The van der Waals surface area contributed by atoms with Gasteiger partial charge in [-0.15, -0.1) is 0 Å². The highest BCUT2D eigenvalue weighted by Gasteiger charge is 2.27. The van der Waals surface area contributed by atoms with Crippen LogP contribution < -0.4 is 4.74 Å². The van der Waals surface area contributed by atoms with Crippen molar-refractivity contribution in [1.29, 1.82) is 0 Å². The van der Waals surface area contributed by atoms with Crippen molar-refractivity contribution in [2.75, 3.05) is 33.3 Å². The molecule has 1 fully saturated rings. The topological polar surface area (TPSA) is 70.1 Å². The molecule has 6 nitrogen and oxygen atoms in total. The van der Waals surface area contributed by atoms with Crippen molar-refractivity contribution in [3.8, 4) is 5.75 Å². The van der Waals surface area contributed by atoms with Gasteiger partial charge in [-0.05, 0) is 32.4 Å². The third kappa shape index (κ3) is 5.19. The molecule has 1 aliphatic rings. The van der Waals surface area contributed by atoms with Gasteiger partial charge in [0, 0.05) is 24.7 Å². The normalized spacial score (nSPS) is 15.4. The zero-order chi connectivity index (χ0) is 18.4. The summed E-state index contributed by atoms with van der Waals surface area (Å²) in [5, 5.41) is 9.00. The number of methoxy groups -OCH3 is 1. The van der Waals surface area contributed by atoms with E-state index in [4.69, 9.17) is 9.84 Å². The van der Waals surface area contributed by atoms with Crippen molar-refractivity contribution in [3.05, 3.63) is 29.3 Å². The molecular formula is C19H28N2O4. The van der Waals surface area contributed by atoms with Crippen LogP contribution >= 0.6 is 0 Å². The number of carbonyl (C=O) groups excluding carboxylic acids is 1. The number of amides is 1. The molecule has 1 aliphatic heterocycles. The Labute approximate surface area is 149 Å². The van der Waals surface area contributed by atoms with E-state index in [1.807, 2.05) is 41.8 Å². The monoisotopic (exact) mass is 348 g/mol. The van der Waals surface area contributed by atoms with E-state index < -0.39 is 5.97 Å². The highest BCUT2D eigenvalue weighted by Crippen LogP contribution is 2.22. The average Bonchev–Trinajstić information content (AvgIpc) is 2.60. The Bertz CT molecular complexity index is 609. The molecule has 138 valence electrons. The standard InChI is InChI=1S/C19H28N2O4/c1-4-20(13-19(23)24)16-7-9-21(10-8-16)18(22)12-15-11-14(2)5-6-17(15)25-3/h5-6,11,16H,4,7-10,12-13H2,1-3H3,(H,23,24). The number of aryl methyl sites for hydroxylation is 1. The van der Waals surface area contributed by atoms with Gasteiger partial charge in [-0.2, -0.15) is 0 Å². The Kier molecular flexibility index (Phi) is 6.82. The fraction of sp³-hybridized carbons (Fsp3) is 0.579. The average molecular weight is 348 g/mol. The predicted molar refractivity (Wildman–Crippen MR) is 95.9 cm³/mol. The van der Waals surface area contributed by atoms with Crippen LogP contribution in [0.4, 0.5) is 0 Å². The first-order valence-corrected chi connectivity index (χ1v) is 8.81. The highest BCUT2D eigenvalue weighted by molar-refractivity contribution is 5.79. The van der Waals surface area contributed by atoms with Crippen LogP contribution in [0.15, 0.2) is 18.2 Å². The summed E-state index contributed by atoms with van der Waals surface area (Å²) in [5.41, 5.74) is 2.02. The second-order valence-corrected chi connectivity index (χ2v) is 6.56. The Morgan fingerprint density at radius 1 is 1.32 bits per heavy atom. The number of piperidine rings is 1. The van der Waals surface area contributed by atoms with Crippen molar-refractivity contribution >= 4 is 11.9 Å². The molecule has 0 radical (unpaired) electrons. The molecule has 0 bridgehead atoms. The van der Waals surface area contributed by atoms with Crippen molar-refractivity contribution in [3.63, 3.8) is 0 Å². The first-order chi connectivity index (χ1) is 11.9. The van der Waals surface area contributed by atoms with Crippen LogP contribution in [-0.4, -0.2) is 66.1 Å². The van der Waals surface area contributed by atoms with E-state index >= 15 is 0 Å². The predicted octanol–water partition coefficient (Wildman–Crippen LogP) is 1.94. The Morgan fingerprint density at radius 2 is 2.00 bits per heavy atom. The molecule has 0 saturated carbocycles. The molecule has 1 heterocycles. The van der Waals surface area contributed by atoms with Gasteiger partial charge in [0.25, 0.3) is 0 Å². The van der Waals surface area contributed by atoms with Gasteiger partial charge >= 0.3 is 5.97 Å². The van der Waals surface area contributed by atoms with E-state index in [0.717, 1.165) is 29.7 Å². The van der Waals surface area contributed by atoms with E-state index in [9.17, 15) is 9.59 Å². The number of nitrogens with zero attached hydrogens (tertiary/aromatic N) is 2. The van der Waals surface area contributed by atoms with E-state index in [1.54, 1.807) is 7.11 Å². The maximum absolute atomic E-state index is 12.6. The summed E-state index contributed by atoms with van der Waals surface area (Å²) in [7, 11) is 1.62. The van der Waals surface area contributed by atoms with Crippen LogP contribution in [0, 0.1) is 6.92 Å². The molecule has 1 aromatic carbocycles. The number of carboxylic acids is 1. The fourth-order valence-electron chi connectivity index (χ4n) is 3.47. The molecule has 0 spiro atoms. The summed E-state index contributed by atoms with van der Waals surface area (Å²) in [6.07, 6.45) is 1.97. The largest absolute Gasteiger partial charge is 0.496 e. The van der Waals surface area contributed by atoms with E-state index in [0.29, 0.717) is 26.1 Å². The van der Waals surface area contributed by atoms with Crippen molar-refractivity contribution in [2.45, 2.75) is 39.2 Å². The zero-order valence-electron chi connectivity index (χ0n) is 15.3. The lowest BCUT2D eigenvalue weighted by molar-refractivity contribution is -0.140. The van der Waals surface area contributed by atoms with Gasteiger partial charge in [0.15, 0.2) is 0 Å². The lowest BCUT2D eigenvalue weighted by Gasteiger charge is -2.37. The van der Waals surface area contributed by atoms with Crippen LogP contribution in [0.2, 0.25) is 0 Å². The minimum absolute atomic E-state index is 0.0651. The van der Waals surface area contributed by atoms with Gasteiger partial charge in [-0.1, -0.05) is 24.6 Å². The number of hydrogen-bond acceptors (Lipinski definition) is 4. The van der Waals surface area contributed by atoms with Gasteiger partial charge in [-0.3, -0.25) is 14.5 Å². The third-order valence-corrected chi connectivity index (χ3v) is 4.86. The maximum atomic E-state index is 12.6. The molecule has 0 aliphatic carbocycles. The molecule has 0 unspecified atom stereocenters. The fourth-order valence-corrected chi connectivity index (χ4v) is 3.47. The van der Waals surface area contributed by atoms with E-state index in [-0.39, 0.29) is 18.5 Å². The molecule has 25 heavy (non-hydrogen) atoms. The quantitative estimate of drug-likeness (QED) is 0.815. The van der Waals surface area contributed by atoms with Crippen LogP contribution in [0.5, 0.6) is 5.75 Å². The Hall–Kier alpha value is -2.08. The minimum Gasteiger partial charge on any atom is -0.496 e. The molecule has 0 atom stereocenters. The molecule has 6 heteroatoms. The number of ether oxygens (including phenoxy) is 1. The second kappa shape index (κ2) is 8.85. The van der Waals surface area contributed by atoms with Gasteiger partial charge in [0.2, 0.25) is 5.91 Å². The number of benzene rings is 1. The molecule has 1 saturated heterocycles. The van der Waals surface area contributed by atoms with Crippen LogP contribution in [-0.2, 0) is 16.0 Å². The SMILES string of the molecule is CCN(CC(=O)O)C1CCN(C(=O)Cc2cc(C)ccc2OC)CC1. The van der Waals surface area contributed by atoms with Crippen molar-refractivity contribution in [2.24, 2.45) is 0 Å². The number of rotatable bonds is 7. The van der Waals surface area contributed by atoms with Crippen molar-refractivity contribution in [1.82, 2.24) is 9.80 Å². The number of carbonyl (C=O) groups is 2. The molecule has 1 N–H and O–H groups in total. The molecular weight excluding hydrogens is 320 g/mol. The molecule has 0 aromatic heterocycles. The number of likely N-dealkylation sites (N-methyl/N-ethyl adjacent to an activating group) is 1. The van der Waals surface area contributed by atoms with Crippen molar-refractivity contribution < 1.29 is 19.4 Å². The summed E-state index contributed by atoms with van der Waals surface area (Å²) in [4.78, 5) is 27.5. The van der Waals surface area contributed by atoms with Crippen LogP contribution in [0.25, 0.3) is 0 Å². The highest BCUT2D eigenvalue weighted by atomic mass is 16.5. The number of aliphatic carboxylic acids is 1. The minimum atomic E-state index is -0.799. The third-order valence-electron chi connectivity index (χ3n) is 4.86. The maximum Gasteiger partial charge on any atom is 0.317 e. The first-order valence-electron chi connectivity index (χ1n) is 8.81. The molecule has 1 aromatic rings. The summed E-state index contributed by atoms with van der Waals surface area (Å²) in [5.74, 6) is 0.0444. The Morgan fingerprint density at radius 3 is 2.56 bits per heavy atom. The Balaban J connectivity index is 1.93. The van der Waals surface area contributed by atoms with Gasteiger partial charge in [-0.25, -0.2) is 0 Å². The molecule has 2 rings (SSSR count). The number of carboxylic acid groups (broad SMARTS) is 1. The summed E-state index contributed by atoms with van der Waals surface area (Å²) in [6.45, 7) is 6.10. The van der Waals surface area contributed by atoms with E-state index in [2.05, 4.69) is 0 Å². The number of likely N-dealkylation sites (tertiary alicyclic amines) is 1. The van der Waals surface area contributed by atoms with E-state index in [1.165, 1.54) is 0 Å². The second-order valence-electron chi connectivity index (χ2n) is 6.56. The van der Waals surface area contributed by atoms with Gasteiger partial charge < -0.3 is 14.7 Å². The number of hydrogen-bond donors (Lipinski definition) is 1. The van der Waals surface area contributed by atoms with Gasteiger partial charge in [0.05, 0.1) is 20.1 Å². The lowest BCUT2D eigenvalue weighted by atomic mass is 10.0. The summed E-state index contributed by atoms with van der Waals surface area (Å²) < 4.78 is 5.36.